The first-order valence-corrected chi connectivity index (χ1v) is 8.63. The Morgan fingerprint density at radius 3 is 2.84 bits per heavy atom. The van der Waals surface area contributed by atoms with Crippen LogP contribution in [0, 0.1) is 0 Å². The number of hydrogen-bond donors (Lipinski definition) is 2. The molecule has 0 aliphatic carbocycles. The van der Waals surface area contributed by atoms with Gasteiger partial charge in [-0.05, 0) is 34.4 Å². The molecule has 0 saturated carbocycles. The zero-order chi connectivity index (χ0) is 13.9. The lowest BCUT2D eigenvalue weighted by Crippen LogP contribution is -2.22. The fraction of sp³-hybridized carbons (Fsp3) is 0.273. The predicted octanol–water partition coefficient (Wildman–Crippen LogP) is 2.30. The van der Waals surface area contributed by atoms with Gasteiger partial charge in [0.05, 0.1) is 6.54 Å². The van der Waals surface area contributed by atoms with Crippen LogP contribution in [0.15, 0.2) is 37.6 Å². The Morgan fingerprint density at radius 1 is 1.42 bits per heavy atom. The first kappa shape index (κ1) is 14.7. The largest absolute Gasteiger partial charge is 0.452 e. The van der Waals surface area contributed by atoms with Crippen LogP contribution in [0.1, 0.15) is 10.6 Å². The molecule has 104 valence electrons. The van der Waals surface area contributed by atoms with E-state index in [4.69, 9.17) is 4.42 Å². The van der Waals surface area contributed by atoms with Crippen molar-refractivity contribution in [3.05, 3.63) is 38.9 Å². The average molecular weight is 365 g/mol. The molecular formula is C11H13BrN2O3S2. The lowest BCUT2D eigenvalue weighted by Gasteiger charge is -2.03. The quantitative estimate of drug-likeness (QED) is 0.824. The summed E-state index contributed by atoms with van der Waals surface area (Å²) < 4.78 is 32.4. The highest BCUT2D eigenvalue weighted by Gasteiger charge is 2.22. The maximum atomic E-state index is 12.1. The summed E-state index contributed by atoms with van der Waals surface area (Å²) in [5.41, 5.74) is 0. The number of nitrogens with one attached hydrogen (secondary N) is 2. The van der Waals surface area contributed by atoms with Crippen molar-refractivity contribution in [2.45, 2.75) is 18.0 Å². The van der Waals surface area contributed by atoms with E-state index in [-0.39, 0.29) is 16.1 Å². The second-order valence-electron chi connectivity index (χ2n) is 3.78. The van der Waals surface area contributed by atoms with Gasteiger partial charge in [-0.3, -0.25) is 0 Å². The van der Waals surface area contributed by atoms with E-state index in [0.717, 1.165) is 4.88 Å². The smallest absolute Gasteiger partial charge is 0.245 e. The zero-order valence-corrected chi connectivity index (χ0v) is 13.4. The predicted molar refractivity (Wildman–Crippen MR) is 77.5 cm³/mol. The van der Waals surface area contributed by atoms with Crippen molar-refractivity contribution in [2.75, 3.05) is 7.05 Å². The Kier molecular flexibility index (Phi) is 4.80. The second-order valence-corrected chi connectivity index (χ2v) is 7.27. The van der Waals surface area contributed by atoms with E-state index >= 15 is 0 Å². The van der Waals surface area contributed by atoms with Crippen molar-refractivity contribution in [3.8, 4) is 0 Å². The molecule has 0 aromatic carbocycles. The Bertz CT molecular complexity index is 635. The van der Waals surface area contributed by atoms with E-state index in [1.807, 2.05) is 17.5 Å². The highest BCUT2D eigenvalue weighted by Crippen LogP contribution is 2.26. The molecule has 0 atom stereocenters. The molecule has 0 saturated heterocycles. The van der Waals surface area contributed by atoms with Crippen LogP contribution in [0.25, 0.3) is 0 Å². The van der Waals surface area contributed by atoms with E-state index in [9.17, 15) is 8.42 Å². The second kappa shape index (κ2) is 6.19. The molecule has 19 heavy (non-hydrogen) atoms. The van der Waals surface area contributed by atoms with E-state index in [2.05, 4.69) is 26.0 Å². The van der Waals surface area contributed by atoms with Crippen LogP contribution < -0.4 is 10.0 Å². The minimum absolute atomic E-state index is 0.120. The molecule has 0 aliphatic heterocycles. The van der Waals surface area contributed by atoms with Gasteiger partial charge < -0.3 is 9.73 Å². The molecule has 0 aliphatic rings. The molecule has 0 radical (unpaired) electrons. The van der Waals surface area contributed by atoms with E-state index in [0.29, 0.717) is 12.3 Å². The van der Waals surface area contributed by atoms with Crippen LogP contribution in [0.5, 0.6) is 0 Å². The molecular weight excluding hydrogens is 352 g/mol. The van der Waals surface area contributed by atoms with E-state index in [1.54, 1.807) is 7.05 Å². The zero-order valence-electron chi connectivity index (χ0n) is 10.1. The fourth-order valence-corrected chi connectivity index (χ4v) is 4.24. The van der Waals surface area contributed by atoms with Crippen LogP contribution in [-0.4, -0.2) is 15.5 Å². The molecule has 5 nitrogen and oxygen atoms in total. The maximum Gasteiger partial charge on any atom is 0.245 e. The molecule has 2 rings (SSSR count). The van der Waals surface area contributed by atoms with Gasteiger partial charge in [-0.15, -0.1) is 11.3 Å². The van der Waals surface area contributed by atoms with Crippen molar-refractivity contribution in [1.82, 2.24) is 10.0 Å². The molecule has 0 fully saturated rings. The average Bonchev–Trinajstić information content (AvgIpc) is 2.97. The van der Waals surface area contributed by atoms with Gasteiger partial charge in [0.2, 0.25) is 10.0 Å². The normalized spacial score (nSPS) is 11.9. The lowest BCUT2D eigenvalue weighted by molar-refractivity contribution is 0.470. The van der Waals surface area contributed by atoms with Crippen LogP contribution in [0.2, 0.25) is 0 Å². The van der Waals surface area contributed by atoms with E-state index < -0.39 is 10.0 Å². The molecule has 0 amide bonds. The lowest BCUT2D eigenvalue weighted by atomic mass is 10.4. The van der Waals surface area contributed by atoms with Gasteiger partial charge in [0.1, 0.15) is 10.7 Å². The first-order valence-electron chi connectivity index (χ1n) is 5.48. The van der Waals surface area contributed by atoms with Crippen molar-refractivity contribution < 1.29 is 12.8 Å². The molecule has 0 bridgehead atoms. The topological polar surface area (TPSA) is 71.3 Å². The summed E-state index contributed by atoms with van der Waals surface area (Å²) in [6.07, 6.45) is 0. The number of thiophene rings is 1. The van der Waals surface area contributed by atoms with Crippen molar-refractivity contribution in [3.63, 3.8) is 0 Å². The number of sulfonamides is 1. The summed E-state index contributed by atoms with van der Waals surface area (Å²) in [5.74, 6) is 0.561. The summed E-state index contributed by atoms with van der Waals surface area (Å²) in [6, 6.07) is 5.27. The number of halogens is 1. The summed E-state index contributed by atoms with van der Waals surface area (Å²) in [6.45, 7) is 0.748. The third kappa shape index (κ3) is 3.67. The number of hydrogen-bond acceptors (Lipinski definition) is 5. The van der Waals surface area contributed by atoms with Crippen LogP contribution >= 0.6 is 27.3 Å². The van der Waals surface area contributed by atoms with Gasteiger partial charge in [-0.2, -0.15) is 0 Å². The molecule has 2 aromatic rings. The Hall–Kier alpha value is -0.670. The van der Waals surface area contributed by atoms with Crippen molar-refractivity contribution in [2.24, 2.45) is 0 Å². The molecule has 8 heteroatoms. The Balaban J connectivity index is 2.14. The van der Waals surface area contributed by atoms with E-state index in [1.165, 1.54) is 17.4 Å². The monoisotopic (exact) mass is 364 g/mol. The highest BCUT2D eigenvalue weighted by molar-refractivity contribution is 9.10. The molecule has 2 N–H and O–H groups in total. The van der Waals surface area contributed by atoms with Gasteiger partial charge in [-0.25, -0.2) is 13.1 Å². The van der Waals surface area contributed by atoms with Crippen molar-refractivity contribution >= 4 is 37.3 Å². The summed E-state index contributed by atoms with van der Waals surface area (Å²) in [7, 11) is -1.81. The van der Waals surface area contributed by atoms with Crippen LogP contribution in [0.4, 0.5) is 0 Å². The molecule has 0 spiro atoms. The van der Waals surface area contributed by atoms with Crippen LogP contribution in [-0.2, 0) is 23.1 Å². The van der Waals surface area contributed by atoms with Gasteiger partial charge >= 0.3 is 0 Å². The SMILES string of the molecule is CNCc1cc(S(=O)(=O)NCc2cccs2)c(Br)o1. The van der Waals surface area contributed by atoms with Gasteiger partial charge in [0.25, 0.3) is 0 Å². The Labute approximate surface area is 124 Å². The van der Waals surface area contributed by atoms with Gasteiger partial charge in [0.15, 0.2) is 4.67 Å². The summed E-state index contributed by atoms with van der Waals surface area (Å²) >= 11 is 4.63. The highest BCUT2D eigenvalue weighted by atomic mass is 79.9. The maximum absolute atomic E-state index is 12.1. The standard InChI is InChI=1S/C11H13BrN2O3S2/c1-13-6-8-5-10(11(12)17-8)19(15,16)14-7-9-3-2-4-18-9/h2-5,13-14H,6-7H2,1H3. The summed E-state index contributed by atoms with van der Waals surface area (Å²) in [4.78, 5) is 1.08. The van der Waals surface area contributed by atoms with Gasteiger partial charge in [0, 0.05) is 17.5 Å². The summed E-state index contributed by atoms with van der Waals surface area (Å²) in [5, 5.41) is 4.81. The Morgan fingerprint density at radius 2 is 2.21 bits per heavy atom. The third-order valence-corrected chi connectivity index (χ3v) is 5.50. The minimum atomic E-state index is -3.58. The molecule has 0 unspecified atom stereocenters. The third-order valence-electron chi connectivity index (χ3n) is 2.36. The van der Waals surface area contributed by atoms with Crippen LogP contribution in [0.3, 0.4) is 0 Å². The van der Waals surface area contributed by atoms with Gasteiger partial charge in [-0.1, -0.05) is 6.07 Å². The molecule has 2 aromatic heterocycles. The number of furan rings is 1. The first-order chi connectivity index (χ1) is 9.03. The fourth-order valence-electron chi connectivity index (χ4n) is 1.50. The molecule has 2 heterocycles. The van der Waals surface area contributed by atoms with Crippen molar-refractivity contribution in [1.29, 1.82) is 0 Å². The minimum Gasteiger partial charge on any atom is -0.452 e. The number of rotatable bonds is 6.